The van der Waals surface area contributed by atoms with Gasteiger partial charge in [0.1, 0.15) is 11.2 Å². The number of aromatic nitrogens is 2. The number of nitriles is 1. The molecule has 0 unspecified atom stereocenters. The maximum absolute atomic E-state index is 13.2. The molecular weight excluding hydrogens is 394 g/mol. The highest BCUT2D eigenvalue weighted by molar-refractivity contribution is 6.02. The van der Waals surface area contributed by atoms with Crippen LogP contribution in [0.25, 0.3) is 0 Å². The maximum atomic E-state index is 13.2. The average molecular weight is 419 g/mol. The number of carbonyl (C=O) groups is 2. The summed E-state index contributed by atoms with van der Waals surface area (Å²) in [6.07, 6.45) is 3.94. The zero-order valence-corrected chi connectivity index (χ0v) is 17.8. The fourth-order valence-electron chi connectivity index (χ4n) is 4.26. The first-order valence-electron chi connectivity index (χ1n) is 10.4. The molecule has 4 rings (SSSR count). The molecule has 8 nitrogen and oxygen atoms in total. The summed E-state index contributed by atoms with van der Waals surface area (Å²) < 4.78 is 0. The lowest BCUT2D eigenvalue weighted by molar-refractivity contribution is -0.142. The molecule has 2 aliphatic rings. The van der Waals surface area contributed by atoms with E-state index in [4.69, 9.17) is 0 Å². The lowest BCUT2D eigenvalue weighted by Crippen LogP contribution is -2.37. The Labute approximate surface area is 180 Å². The van der Waals surface area contributed by atoms with Gasteiger partial charge in [0.25, 0.3) is 0 Å². The highest BCUT2D eigenvalue weighted by Gasteiger charge is 2.59. The van der Waals surface area contributed by atoms with Gasteiger partial charge in [0.15, 0.2) is 0 Å². The van der Waals surface area contributed by atoms with Gasteiger partial charge < -0.3 is 10.4 Å². The van der Waals surface area contributed by atoms with Crippen LogP contribution in [-0.2, 0) is 15.0 Å². The molecule has 2 fully saturated rings. The van der Waals surface area contributed by atoms with E-state index in [1.165, 1.54) is 0 Å². The lowest BCUT2D eigenvalue weighted by Gasteiger charge is -2.22. The molecular formula is C23H25N5O3. The molecule has 0 bridgehead atoms. The maximum Gasteiger partial charge on any atom is 0.313 e. The van der Waals surface area contributed by atoms with Crippen molar-refractivity contribution in [1.82, 2.24) is 9.97 Å². The number of carboxylic acid groups (broad SMARTS) is 1. The topological polar surface area (TPSA) is 119 Å². The first-order chi connectivity index (χ1) is 14.7. The van der Waals surface area contributed by atoms with Gasteiger partial charge in [-0.25, -0.2) is 4.98 Å². The molecule has 1 aliphatic carbocycles. The van der Waals surface area contributed by atoms with Gasteiger partial charge in [0.05, 0.1) is 11.5 Å². The summed E-state index contributed by atoms with van der Waals surface area (Å²) in [5.41, 5.74) is -0.544. The molecule has 2 atom stereocenters. The summed E-state index contributed by atoms with van der Waals surface area (Å²) in [5.74, 6) is -0.131. The number of nitrogens with one attached hydrogen (secondary N) is 1. The van der Waals surface area contributed by atoms with E-state index in [-0.39, 0.29) is 17.9 Å². The van der Waals surface area contributed by atoms with Crippen molar-refractivity contribution in [1.29, 1.82) is 5.26 Å². The summed E-state index contributed by atoms with van der Waals surface area (Å²) in [4.78, 5) is 35.0. The fraction of sp³-hybridized carbons (Fsp3) is 0.435. The highest BCUT2D eigenvalue weighted by Crippen LogP contribution is 2.53. The van der Waals surface area contributed by atoms with Gasteiger partial charge >= 0.3 is 5.97 Å². The number of carbonyl (C=O) groups excluding carboxylic acids is 1. The van der Waals surface area contributed by atoms with Crippen molar-refractivity contribution in [3.05, 3.63) is 42.1 Å². The largest absolute Gasteiger partial charge is 0.481 e. The summed E-state index contributed by atoms with van der Waals surface area (Å²) in [6, 6.07) is 10.9. The molecule has 31 heavy (non-hydrogen) atoms. The molecule has 160 valence electrons. The van der Waals surface area contributed by atoms with E-state index in [2.05, 4.69) is 21.4 Å². The van der Waals surface area contributed by atoms with Crippen molar-refractivity contribution in [2.45, 2.75) is 51.5 Å². The zero-order chi connectivity index (χ0) is 22.4. The summed E-state index contributed by atoms with van der Waals surface area (Å²) in [7, 11) is 0. The third-order valence-corrected chi connectivity index (χ3v) is 6.42. The Morgan fingerprint density at radius 1 is 1.29 bits per heavy atom. The van der Waals surface area contributed by atoms with Gasteiger partial charge in [0.2, 0.25) is 11.9 Å². The van der Waals surface area contributed by atoms with Crippen LogP contribution < -0.4 is 10.2 Å². The number of hydrogen-bond acceptors (Lipinski definition) is 6. The number of aliphatic carboxylic acids is 1. The van der Waals surface area contributed by atoms with E-state index < -0.39 is 16.8 Å². The number of carboxylic acids is 1. The van der Waals surface area contributed by atoms with Crippen LogP contribution in [0.2, 0.25) is 0 Å². The quantitative estimate of drug-likeness (QED) is 0.734. The monoisotopic (exact) mass is 419 g/mol. The van der Waals surface area contributed by atoms with E-state index in [0.717, 1.165) is 12.8 Å². The van der Waals surface area contributed by atoms with Crippen molar-refractivity contribution in [2.24, 2.45) is 11.3 Å². The Bertz CT molecular complexity index is 1070. The van der Waals surface area contributed by atoms with Crippen molar-refractivity contribution < 1.29 is 14.7 Å². The number of anilines is 3. The molecule has 1 saturated carbocycles. The summed E-state index contributed by atoms with van der Waals surface area (Å²) >= 11 is 0. The van der Waals surface area contributed by atoms with Gasteiger partial charge in [-0.05, 0) is 69.7 Å². The first kappa shape index (κ1) is 20.8. The standard InChI is InChI=1S/C23H25N5O3/c1-14-12-23(13-24,16-4-5-16)19(29)28(14)18-10-11-25-21(27-18)26-17-8-6-15(7-9-17)22(2,3)20(30)31/h6-11,14,16H,4-5,12H2,1-3H3,(H,30,31)(H,25,26,27)/t14-,23-/m1/s1. The number of nitrogens with zero attached hydrogens (tertiary/aromatic N) is 4. The molecule has 8 heteroatoms. The molecule has 1 aliphatic heterocycles. The molecule has 1 aromatic heterocycles. The van der Waals surface area contributed by atoms with Gasteiger partial charge in [-0.2, -0.15) is 10.2 Å². The van der Waals surface area contributed by atoms with Gasteiger partial charge in [0, 0.05) is 17.9 Å². The molecule has 1 aromatic carbocycles. The van der Waals surface area contributed by atoms with Crippen molar-refractivity contribution in [3.8, 4) is 6.07 Å². The van der Waals surface area contributed by atoms with Crippen LogP contribution >= 0.6 is 0 Å². The van der Waals surface area contributed by atoms with E-state index in [0.29, 0.717) is 29.4 Å². The second-order valence-electron chi connectivity index (χ2n) is 8.96. The molecule has 2 aromatic rings. The third-order valence-electron chi connectivity index (χ3n) is 6.42. The predicted octanol–water partition coefficient (Wildman–Crippen LogP) is 3.63. The number of amides is 1. The van der Waals surface area contributed by atoms with Crippen LogP contribution in [0.3, 0.4) is 0 Å². The summed E-state index contributed by atoms with van der Waals surface area (Å²) in [5, 5.41) is 22.2. The normalized spacial score (nSPS) is 23.5. The van der Waals surface area contributed by atoms with Gasteiger partial charge in [-0.3, -0.25) is 14.5 Å². The molecule has 1 saturated heterocycles. The smallest absolute Gasteiger partial charge is 0.313 e. The Balaban J connectivity index is 1.55. The molecule has 2 heterocycles. The van der Waals surface area contributed by atoms with Gasteiger partial charge in [-0.15, -0.1) is 0 Å². The fourth-order valence-corrected chi connectivity index (χ4v) is 4.26. The van der Waals surface area contributed by atoms with E-state index in [1.807, 2.05) is 6.92 Å². The van der Waals surface area contributed by atoms with Crippen LogP contribution in [0, 0.1) is 22.7 Å². The molecule has 2 N–H and O–H groups in total. The van der Waals surface area contributed by atoms with E-state index in [1.54, 1.807) is 55.3 Å². The molecule has 0 radical (unpaired) electrons. The van der Waals surface area contributed by atoms with Crippen LogP contribution in [0.4, 0.5) is 17.5 Å². The SMILES string of the molecule is C[C@@H]1C[C@@](C#N)(C2CC2)C(=O)N1c1ccnc(Nc2ccc(C(C)(C)C(=O)O)cc2)n1. The second-order valence-corrected chi connectivity index (χ2v) is 8.96. The van der Waals surface area contributed by atoms with E-state index in [9.17, 15) is 20.0 Å². The van der Waals surface area contributed by atoms with Crippen LogP contribution in [-0.4, -0.2) is 33.0 Å². The van der Waals surface area contributed by atoms with Crippen molar-refractivity contribution in [3.63, 3.8) is 0 Å². The van der Waals surface area contributed by atoms with Crippen LogP contribution in [0.1, 0.15) is 45.6 Å². The average Bonchev–Trinajstić information content (AvgIpc) is 3.55. The zero-order valence-electron chi connectivity index (χ0n) is 17.8. The van der Waals surface area contributed by atoms with Crippen molar-refractivity contribution >= 4 is 29.3 Å². The molecule has 1 amide bonds. The predicted molar refractivity (Wildman–Crippen MR) is 115 cm³/mol. The van der Waals surface area contributed by atoms with Crippen LogP contribution in [0.15, 0.2) is 36.5 Å². The van der Waals surface area contributed by atoms with E-state index >= 15 is 0 Å². The van der Waals surface area contributed by atoms with Crippen molar-refractivity contribution in [2.75, 3.05) is 10.2 Å². The Morgan fingerprint density at radius 3 is 2.55 bits per heavy atom. The Kier molecular flexibility index (Phi) is 4.92. The Morgan fingerprint density at radius 2 is 1.97 bits per heavy atom. The van der Waals surface area contributed by atoms with Crippen LogP contribution in [0.5, 0.6) is 0 Å². The number of rotatable bonds is 6. The molecule has 0 spiro atoms. The number of hydrogen-bond donors (Lipinski definition) is 2. The third kappa shape index (κ3) is 3.50. The highest BCUT2D eigenvalue weighted by atomic mass is 16.4. The second kappa shape index (κ2) is 7.34. The number of benzene rings is 1. The summed E-state index contributed by atoms with van der Waals surface area (Å²) in [6.45, 7) is 5.25. The minimum absolute atomic E-state index is 0.118. The minimum atomic E-state index is -0.990. The lowest BCUT2D eigenvalue weighted by atomic mass is 9.81. The Hall–Kier alpha value is -3.47. The van der Waals surface area contributed by atoms with Gasteiger partial charge in [-0.1, -0.05) is 12.1 Å². The first-order valence-corrected chi connectivity index (χ1v) is 10.4. The minimum Gasteiger partial charge on any atom is -0.481 e.